The highest BCUT2D eigenvalue weighted by molar-refractivity contribution is 6.06. The van der Waals surface area contributed by atoms with Crippen LogP contribution in [0, 0.1) is 23.6 Å². The van der Waals surface area contributed by atoms with E-state index in [0.29, 0.717) is 36.8 Å². The van der Waals surface area contributed by atoms with Gasteiger partial charge >= 0.3 is 0 Å². The van der Waals surface area contributed by atoms with Gasteiger partial charge in [-0.15, -0.1) is 0 Å². The summed E-state index contributed by atoms with van der Waals surface area (Å²) >= 11 is 0. The third kappa shape index (κ3) is 7.02. The smallest absolute Gasteiger partial charge is 0.234 e. The van der Waals surface area contributed by atoms with Gasteiger partial charge in [0.15, 0.2) is 11.6 Å². The van der Waals surface area contributed by atoms with Gasteiger partial charge in [0.2, 0.25) is 11.8 Å². The number of likely N-dealkylation sites (tertiary alicyclic amines) is 2. The van der Waals surface area contributed by atoms with E-state index >= 15 is 0 Å². The van der Waals surface area contributed by atoms with Crippen LogP contribution in [-0.2, 0) is 16.1 Å². The van der Waals surface area contributed by atoms with Crippen molar-refractivity contribution in [3.63, 3.8) is 0 Å². The zero-order valence-corrected chi connectivity index (χ0v) is 27.5. The van der Waals surface area contributed by atoms with Gasteiger partial charge in [0, 0.05) is 31.6 Å². The molecule has 8 heteroatoms. The first-order chi connectivity index (χ1) is 23.3. The quantitative estimate of drug-likeness (QED) is 0.130. The summed E-state index contributed by atoms with van der Waals surface area (Å²) < 4.78 is 14.2. The van der Waals surface area contributed by atoms with E-state index in [9.17, 15) is 29.3 Å². The second-order valence-electron chi connectivity index (χ2n) is 13.4. The van der Waals surface area contributed by atoms with Crippen LogP contribution in [-0.4, -0.2) is 68.8 Å². The number of aliphatic hydroxyl groups is 2. The average molecular weight is 653 g/mol. The molecule has 0 saturated carbocycles. The Morgan fingerprint density at radius 2 is 1.67 bits per heavy atom. The predicted molar refractivity (Wildman–Crippen MR) is 184 cm³/mol. The number of aromatic hydroxyl groups is 1. The zero-order chi connectivity index (χ0) is 33.8. The number of phenolic OH excluding ortho intramolecular Hbond substituents is 1. The minimum Gasteiger partial charge on any atom is -0.505 e. The average Bonchev–Trinajstić information content (AvgIpc) is 3.36. The van der Waals surface area contributed by atoms with Crippen LogP contribution in [0.4, 0.5) is 4.39 Å². The Balaban J connectivity index is 1.18. The summed E-state index contributed by atoms with van der Waals surface area (Å²) in [4.78, 5) is 31.8. The van der Waals surface area contributed by atoms with Gasteiger partial charge in [-0.3, -0.25) is 19.4 Å². The molecule has 0 radical (unpaired) electrons. The molecule has 2 aliphatic heterocycles. The Hall–Kier alpha value is -4.11. The molecule has 2 heterocycles. The van der Waals surface area contributed by atoms with E-state index in [1.165, 1.54) is 22.6 Å². The van der Waals surface area contributed by atoms with Crippen molar-refractivity contribution < 1.29 is 29.3 Å². The number of carbonyl (C=O) groups excluding carboxylic acids is 2. The van der Waals surface area contributed by atoms with Crippen molar-refractivity contribution in [2.45, 2.75) is 64.1 Å². The summed E-state index contributed by atoms with van der Waals surface area (Å²) in [5.74, 6) is -3.33. The summed E-state index contributed by atoms with van der Waals surface area (Å²) in [6, 6.07) is 24.0. The Morgan fingerprint density at radius 3 is 2.31 bits per heavy atom. The van der Waals surface area contributed by atoms with Gasteiger partial charge in [-0.05, 0) is 78.5 Å². The molecule has 2 fully saturated rings. The third-order valence-electron chi connectivity index (χ3n) is 10.5. The van der Waals surface area contributed by atoms with Gasteiger partial charge in [0.05, 0.1) is 24.5 Å². The molecule has 4 atom stereocenters. The Kier molecular flexibility index (Phi) is 10.5. The lowest BCUT2D eigenvalue weighted by atomic mass is 9.67. The number of fused-ring (bicyclic) bond motifs is 1. The zero-order valence-electron chi connectivity index (χ0n) is 27.5. The van der Waals surface area contributed by atoms with Crippen LogP contribution in [0.15, 0.2) is 90.0 Å². The summed E-state index contributed by atoms with van der Waals surface area (Å²) in [5, 5.41) is 32.2. The number of benzene rings is 3. The van der Waals surface area contributed by atoms with Crippen molar-refractivity contribution in [3.05, 3.63) is 113 Å². The molecule has 2 saturated heterocycles. The summed E-state index contributed by atoms with van der Waals surface area (Å²) in [6.07, 6.45) is 4.14. The molecular weight excluding hydrogens is 607 g/mol. The molecule has 6 rings (SSSR count). The predicted octanol–water partition coefficient (Wildman–Crippen LogP) is 6.20. The van der Waals surface area contributed by atoms with E-state index in [4.69, 9.17) is 0 Å². The number of nitrogens with zero attached hydrogens (tertiary/aromatic N) is 2. The van der Waals surface area contributed by atoms with Gasteiger partial charge in [-0.1, -0.05) is 85.3 Å². The summed E-state index contributed by atoms with van der Waals surface area (Å²) in [6.45, 7) is 4.10. The number of phenols is 1. The highest BCUT2D eigenvalue weighted by Gasteiger charge is 2.56. The lowest BCUT2D eigenvalue weighted by molar-refractivity contribution is -0.144. The van der Waals surface area contributed by atoms with Crippen molar-refractivity contribution >= 4 is 23.5 Å². The summed E-state index contributed by atoms with van der Waals surface area (Å²) in [5.41, 5.74) is 5.25. The van der Waals surface area contributed by atoms with E-state index in [1.807, 2.05) is 61.5 Å². The number of rotatable bonds is 11. The molecule has 48 heavy (non-hydrogen) atoms. The molecule has 3 N–H and O–H groups in total. The van der Waals surface area contributed by atoms with Crippen molar-refractivity contribution in [2.24, 2.45) is 17.8 Å². The van der Waals surface area contributed by atoms with Gasteiger partial charge in [-0.25, -0.2) is 4.39 Å². The molecule has 3 aromatic rings. The fraction of sp³-hybridized carbons (Fsp3) is 0.400. The monoisotopic (exact) mass is 652 g/mol. The van der Waals surface area contributed by atoms with E-state index in [-0.39, 0.29) is 24.5 Å². The lowest BCUT2D eigenvalue weighted by Crippen LogP contribution is -2.47. The number of imide groups is 1. The van der Waals surface area contributed by atoms with Crippen LogP contribution in [0.3, 0.4) is 0 Å². The fourth-order valence-electron chi connectivity index (χ4n) is 8.07. The molecule has 0 bridgehead atoms. The highest BCUT2D eigenvalue weighted by Crippen LogP contribution is 2.48. The molecule has 0 spiro atoms. The van der Waals surface area contributed by atoms with Crippen LogP contribution in [0.5, 0.6) is 5.75 Å². The van der Waals surface area contributed by atoms with E-state index in [0.717, 1.165) is 49.2 Å². The molecule has 2 amide bonds. The first kappa shape index (κ1) is 33.8. The third-order valence-corrected chi connectivity index (χ3v) is 10.5. The molecule has 0 unspecified atom stereocenters. The molecule has 252 valence electrons. The number of amides is 2. The van der Waals surface area contributed by atoms with Crippen molar-refractivity contribution in [1.82, 2.24) is 9.80 Å². The standard InChI is InChI=1S/C40H45FN2O5/c1-2-28-23-32-38(40(48)43(39(32)47)31-17-19-42(20-18-31)24-26-9-5-3-6-10-26)33(25-44)37(28)36(46)16-14-30(29-11-7-4-8-12-29)21-27-13-15-35(45)34(41)22-27/h3-13,15,21-22,31-33,36,38,44-46H,2,14,16-20,23-25H2,1H3/b30-21-/t32-,33+,36-,38-/m1/s1. The van der Waals surface area contributed by atoms with Crippen LogP contribution in [0.1, 0.15) is 62.1 Å². The van der Waals surface area contributed by atoms with Crippen molar-refractivity contribution in [1.29, 1.82) is 0 Å². The first-order valence-electron chi connectivity index (χ1n) is 17.2. The number of carbonyl (C=O) groups is 2. The number of halogens is 1. The van der Waals surface area contributed by atoms with Crippen LogP contribution in [0.25, 0.3) is 11.6 Å². The number of hydrogen-bond donors (Lipinski definition) is 3. The minimum atomic E-state index is -0.931. The van der Waals surface area contributed by atoms with Gasteiger partial charge in [0.25, 0.3) is 0 Å². The van der Waals surface area contributed by atoms with E-state index in [1.54, 1.807) is 6.07 Å². The normalized spacial score (nSPS) is 23.1. The SMILES string of the molecule is CCC1=C([C@H](O)CC/C(=C/c2ccc(O)c(F)c2)c2ccccc2)[C@H](CO)[C@@H]2C(=O)N(C3CCN(Cc4ccccc4)CC3)C(=O)[C@@H]2C1. The van der Waals surface area contributed by atoms with Crippen molar-refractivity contribution in [2.75, 3.05) is 19.7 Å². The van der Waals surface area contributed by atoms with Crippen LogP contribution >= 0.6 is 0 Å². The molecular formula is C40H45FN2O5. The molecule has 3 aliphatic rings. The minimum absolute atomic E-state index is 0.139. The molecule has 3 aromatic carbocycles. The summed E-state index contributed by atoms with van der Waals surface area (Å²) in [7, 11) is 0. The van der Waals surface area contributed by atoms with E-state index < -0.39 is 35.4 Å². The molecule has 7 nitrogen and oxygen atoms in total. The maximum atomic E-state index is 14.2. The Bertz CT molecular complexity index is 1670. The number of piperidine rings is 1. The lowest BCUT2D eigenvalue weighted by Gasteiger charge is -2.37. The van der Waals surface area contributed by atoms with Crippen molar-refractivity contribution in [3.8, 4) is 5.75 Å². The van der Waals surface area contributed by atoms with Gasteiger partial charge in [-0.2, -0.15) is 0 Å². The van der Waals surface area contributed by atoms with Gasteiger partial charge in [0.1, 0.15) is 0 Å². The second kappa shape index (κ2) is 15.0. The second-order valence-corrected chi connectivity index (χ2v) is 13.4. The van der Waals surface area contributed by atoms with Crippen LogP contribution < -0.4 is 0 Å². The maximum absolute atomic E-state index is 14.2. The number of aliphatic hydroxyl groups excluding tert-OH is 2. The topological polar surface area (TPSA) is 101 Å². The number of allylic oxidation sites excluding steroid dienone is 2. The van der Waals surface area contributed by atoms with Crippen LogP contribution in [0.2, 0.25) is 0 Å². The largest absolute Gasteiger partial charge is 0.505 e. The first-order valence-corrected chi connectivity index (χ1v) is 17.2. The highest BCUT2D eigenvalue weighted by atomic mass is 19.1. The fourth-order valence-corrected chi connectivity index (χ4v) is 8.07. The Morgan fingerprint density at radius 1 is 0.979 bits per heavy atom. The molecule has 1 aliphatic carbocycles. The number of hydrogen-bond acceptors (Lipinski definition) is 6. The van der Waals surface area contributed by atoms with Gasteiger partial charge < -0.3 is 15.3 Å². The Labute approximate surface area is 282 Å². The molecule has 0 aromatic heterocycles. The maximum Gasteiger partial charge on any atom is 0.234 e. The van der Waals surface area contributed by atoms with E-state index in [2.05, 4.69) is 17.0 Å².